The molecule has 144 valence electrons. The Balaban J connectivity index is 3.08. The summed E-state index contributed by atoms with van der Waals surface area (Å²) in [6, 6.07) is 0. The van der Waals surface area contributed by atoms with Crippen molar-refractivity contribution in [1.29, 1.82) is 0 Å². The lowest BCUT2D eigenvalue weighted by atomic mass is 10.1. The number of aliphatic carboxylic acids is 2. The highest BCUT2D eigenvalue weighted by atomic mass is 35.5. The van der Waals surface area contributed by atoms with E-state index in [2.05, 4.69) is 15.5 Å². The molecule has 0 aliphatic rings. The number of carboxylic acids is 2. The summed E-state index contributed by atoms with van der Waals surface area (Å²) in [6.45, 7) is 7.39. The van der Waals surface area contributed by atoms with Crippen molar-refractivity contribution in [3.05, 3.63) is 10.0 Å². The number of nitrogens with zero attached hydrogens (tertiary/aromatic N) is 2. The smallest absolute Gasteiger partial charge is 0.413 e. The second-order valence-electron chi connectivity index (χ2n) is 6.42. The Hall–Kier alpha value is -2.40. The minimum atomic E-state index is -1.76. The van der Waals surface area contributed by atoms with E-state index in [9.17, 15) is 19.5 Å². The Kier molecular flexibility index (Phi) is 6.55. The number of oxime groups is 1. The molecule has 12 heteroatoms. The van der Waals surface area contributed by atoms with E-state index in [1.807, 2.05) is 0 Å². The average molecular weight is 408 g/mol. The van der Waals surface area contributed by atoms with E-state index in [1.54, 1.807) is 20.8 Å². The fourth-order valence-corrected chi connectivity index (χ4v) is 2.31. The third kappa shape index (κ3) is 6.15. The Morgan fingerprint density at radius 3 is 2.23 bits per heavy atom. The number of nitrogens with one attached hydrogen (secondary N) is 1. The maximum absolute atomic E-state index is 11.7. The fourth-order valence-electron chi connectivity index (χ4n) is 1.27. The summed E-state index contributed by atoms with van der Waals surface area (Å²) in [5.74, 6) is -2.88. The van der Waals surface area contributed by atoms with Crippen LogP contribution >= 0.6 is 22.9 Å². The van der Waals surface area contributed by atoms with Gasteiger partial charge in [-0.05, 0) is 34.6 Å². The molecule has 0 saturated carbocycles. The van der Waals surface area contributed by atoms with Gasteiger partial charge in [-0.1, -0.05) is 28.1 Å². The van der Waals surface area contributed by atoms with Gasteiger partial charge in [-0.25, -0.2) is 19.4 Å². The van der Waals surface area contributed by atoms with Gasteiger partial charge in [0.15, 0.2) is 5.13 Å². The van der Waals surface area contributed by atoms with Crippen molar-refractivity contribution in [2.45, 2.75) is 45.8 Å². The third-order valence-corrected chi connectivity index (χ3v) is 3.67. The molecule has 0 atom stereocenters. The zero-order chi connectivity index (χ0) is 20.3. The maximum atomic E-state index is 11.7. The second-order valence-corrected chi connectivity index (χ2v) is 8.02. The number of carbonyl (C=O) groups is 3. The van der Waals surface area contributed by atoms with Crippen molar-refractivity contribution in [3.8, 4) is 0 Å². The number of amides is 1. The van der Waals surface area contributed by atoms with Crippen molar-refractivity contribution in [3.63, 3.8) is 0 Å². The molecule has 1 amide bonds. The highest BCUT2D eigenvalue weighted by Gasteiger charge is 2.31. The number of carboxylic acid groups (broad SMARTS) is 2. The van der Waals surface area contributed by atoms with E-state index >= 15 is 0 Å². The summed E-state index contributed by atoms with van der Waals surface area (Å²) in [5.41, 5.74) is -3.49. The van der Waals surface area contributed by atoms with Crippen LogP contribution in [-0.2, 0) is 19.2 Å². The molecule has 0 unspecified atom stereocenters. The van der Waals surface area contributed by atoms with Crippen LogP contribution in [0.15, 0.2) is 5.16 Å². The van der Waals surface area contributed by atoms with Gasteiger partial charge in [-0.2, -0.15) is 0 Å². The van der Waals surface area contributed by atoms with Crippen molar-refractivity contribution < 1.29 is 34.2 Å². The van der Waals surface area contributed by atoms with Crippen molar-refractivity contribution in [2.24, 2.45) is 5.16 Å². The number of carbonyl (C=O) groups excluding carboxylic acids is 1. The molecule has 0 saturated heterocycles. The van der Waals surface area contributed by atoms with Crippen LogP contribution in [0.5, 0.6) is 0 Å². The van der Waals surface area contributed by atoms with Gasteiger partial charge >= 0.3 is 18.0 Å². The largest absolute Gasteiger partial charge is 0.478 e. The predicted octanol–water partition coefficient (Wildman–Crippen LogP) is 2.81. The van der Waals surface area contributed by atoms with Crippen LogP contribution < -0.4 is 5.32 Å². The Morgan fingerprint density at radius 1 is 1.19 bits per heavy atom. The average Bonchev–Trinajstić information content (AvgIpc) is 2.76. The summed E-state index contributed by atoms with van der Waals surface area (Å²) in [7, 11) is 0. The van der Waals surface area contributed by atoms with Crippen LogP contribution in [0.4, 0.5) is 9.93 Å². The first-order valence-corrected chi connectivity index (χ1v) is 8.32. The number of halogens is 1. The summed E-state index contributed by atoms with van der Waals surface area (Å²) < 4.78 is 4.97. The van der Waals surface area contributed by atoms with Crippen molar-refractivity contribution >= 4 is 51.8 Å². The summed E-state index contributed by atoms with van der Waals surface area (Å²) >= 11 is 6.74. The predicted molar refractivity (Wildman–Crippen MR) is 94.0 cm³/mol. The van der Waals surface area contributed by atoms with Gasteiger partial charge in [0.2, 0.25) is 11.3 Å². The van der Waals surface area contributed by atoms with E-state index in [1.165, 1.54) is 13.8 Å². The molecule has 0 aliphatic heterocycles. The van der Waals surface area contributed by atoms with Crippen LogP contribution in [0.1, 0.15) is 40.3 Å². The molecular weight excluding hydrogens is 390 g/mol. The highest BCUT2D eigenvalue weighted by Crippen LogP contribution is 2.29. The van der Waals surface area contributed by atoms with E-state index in [0.29, 0.717) is 0 Å². The lowest BCUT2D eigenvalue weighted by molar-refractivity contribution is -0.161. The minimum absolute atomic E-state index is 0.0225. The standard InChI is InChI=1S/C14H18ClN3O7S/c1-13(2,3)24-12(23)17-11-16-6(8(15)26-11)7(9(19)20)18-25-14(4,5)10(21)22/h1-5H3,(H,19,20)(H,21,22)(H,16,17,23)/b18-7-. The Morgan fingerprint density at radius 2 is 1.77 bits per heavy atom. The monoisotopic (exact) mass is 407 g/mol. The van der Waals surface area contributed by atoms with Crippen molar-refractivity contribution in [1.82, 2.24) is 4.98 Å². The second kappa shape index (κ2) is 7.87. The molecule has 10 nitrogen and oxygen atoms in total. The van der Waals surface area contributed by atoms with Crippen LogP contribution in [0.2, 0.25) is 4.34 Å². The molecule has 26 heavy (non-hydrogen) atoms. The van der Waals surface area contributed by atoms with Gasteiger partial charge in [-0.15, -0.1) is 0 Å². The first-order chi connectivity index (χ1) is 11.7. The number of thiazole rings is 1. The van der Waals surface area contributed by atoms with Crippen LogP contribution in [-0.4, -0.2) is 50.1 Å². The zero-order valence-electron chi connectivity index (χ0n) is 14.6. The molecule has 0 fully saturated rings. The molecule has 0 bridgehead atoms. The number of anilines is 1. The molecule has 0 aromatic carbocycles. The quantitative estimate of drug-likeness (QED) is 0.481. The van der Waals surface area contributed by atoms with Crippen molar-refractivity contribution in [2.75, 3.05) is 5.32 Å². The summed E-state index contributed by atoms with van der Waals surface area (Å²) in [6.07, 6.45) is -0.799. The first-order valence-electron chi connectivity index (χ1n) is 7.12. The third-order valence-electron chi connectivity index (χ3n) is 2.50. The highest BCUT2D eigenvalue weighted by molar-refractivity contribution is 7.20. The number of rotatable bonds is 6. The van der Waals surface area contributed by atoms with Crippen LogP contribution in [0.3, 0.4) is 0 Å². The van der Waals surface area contributed by atoms with Gasteiger partial charge in [0, 0.05) is 0 Å². The number of ether oxygens (including phenoxy) is 1. The number of hydrogen-bond acceptors (Lipinski definition) is 8. The molecule has 1 aromatic rings. The minimum Gasteiger partial charge on any atom is -0.478 e. The van der Waals surface area contributed by atoms with Crippen LogP contribution in [0.25, 0.3) is 0 Å². The van der Waals surface area contributed by atoms with Gasteiger partial charge in [0.05, 0.1) is 0 Å². The molecular formula is C14H18ClN3O7S. The molecule has 1 rings (SSSR count). The fraction of sp³-hybridized carbons (Fsp3) is 0.500. The molecule has 1 heterocycles. The molecule has 0 spiro atoms. The summed E-state index contributed by atoms with van der Waals surface area (Å²) in [4.78, 5) is 42.8. The number of hydrogen-bond donors (Lipinski definition) is 3. The number of aromatic nitrogens is 1. The van der Waals surface area contributed by atoms with Gasteiger partial charge < -0.3 is 19.8 Å². The van der Waals surface area contributed by atoms with E-state index < -0.39 is 34.9 Å². The normalized spacial score (nSPS) is 12.5. The topological polar surface area (TPSA) is 147 Å². The Bertz CT molecular complexity index is 752. The molecule has 0 aliphatic carbocycles. The Labute approximate surface area is 157 Å². The van der Waals surface area contributed by atoms with E-state index in [4.69, 9.17) is 26.3 Å². The van der Waals surface area contributed by atoms with Crippen LogP contribution in [0, 0.1) is 0 Å². The molecule has 1 aromatic heterocycles. The van der Waals surface area contributed by atoms with Gasteiger partial charge in [0.25, 0.3) is 0 Å². The van der Waals surface area contributed by atoms with E-state index in [0.717, 1.165) is 11.3 Å². The SMILES string of the molecule is CC(C)(C)OC(=O)Nc1nc(/C(=N/OC(C)(C)C(=O)O)C(=O)O)c(Cl)s1. The first kappa shape index (κ1) is 21.6. The summed E-state index contributed by atoms with van der Waals surface area (Å²) in [5, 5.41) is 23.9. The molecule has 0 radical (unpaired) electrons. The van der Waals surface area contributed by atoms with Gasteiger partial charge in [0.1, 0.15) is 15.6 Å². The lowest BCUT2D eigenvalue weighted by Gasteiger charge is -2.18. The van der Waals surface area contributed by atoms with Gasteiger partial charge in [-0.3, -0.25) is 5.32 Å². The zero-order valence-corrected chi connectivity index (χ0v) is 16.2. The van der Waals surface area contributed by atoms with E-state index in [-0.39, 0.29) is 15.2 Å². The maximum Gasteiger partial charge on any atom is 0.413 e. The molecule has 3 N–H and O–H groups in total. The lowest BCUT2D eigenvalue weighted by Crippen LogP contribution is -2.34.